The van der Waals surface area contributed by atoms with Gasteiger partial charge >= 0.3 is 0 Å². The van der Waals surface area contributed by atoms with E-state index in [-0.39, 0.29) is 6.04 Å². The number of ether oxygens (including phenoxy) is 2. The van der Waals surface area contributed by atoms with Crippen LogP contribution in [0, 0.1) is 0 Å². The molecule has 0 amide bonds. The van der Waals surface area contributed by atoms with Crippen molar-refractivity contribution in [3.8, 4) is 11.5 Å². The molecule has 2 rings (SSSR count). The molecule has 0 fully saturated rings. The summed E-state index contributed by atoms with van der Waals surface area (Å²) in [4.78, 5) is 4.33. The van der Waals surface area contributed by atoms with Crippen LogP contribution in [0.25, 0.3) is 0 Å². The molecule has 0 aliphatic heterocycles. The Labute approximate surface area is 129 Å². The van der Waals surface area contributed by atoms with Crippen LogP contribution < -0.4 is 15.2 Å². The molecular formula is C16H19ClN2O2. The van der Waals surface area contributed by atoms with Crippen molar-refractivity contribution >= 4 is 11.6 Å². The van der Waals surface area contributed by atoms with E-state index in [1.54, 1.807) is 19.4 Å². The Bertz CT molecular complexity index is 585. The number of benzene rings is 1. The van der Waals surface area contributed by atoms with Gasteiger partial charge in [0.15, 0.2) is 0 Å². The van der Waals surface area contributed by atoms with Gasteiger partial charge in [-0.15, -0.1) is 0 Å². The zero-order valence-corrected chi connectivity index (χ0v) is 12.9. The average molecular weight is 307 g/mol. The van der Waals surface area contributed by atoms with Gasteiger partial charge in [0, 0.05) is 28.7 Å². The molecule has 0 aliphatic carbocycles. The third-order valence-electron chi connectivity index (χ3n) is 2.97. The van der Waals surface area contributed by atoms with Gasteiger partial charge in [-0.3, -0.25) is 4.98 Å². The van der Waals surface area contributed by atoms with Gasteiger partial charge in [0.25, 0.3) is 0 Å². The first kappa shape index (κ1) is 15.6. The van der Waals surface area contributed by atoms with Gasteiger partial charge in [0.2, 0.25) is 0 Å². The molecule has 112 valence electrons. The molecule has 4 nitrogen and oxygen atoms in total. The molecule has 0 saturated carbocycles. The summed E-state index contributed by atoms with van der Waals surface area (Å²) < 4.78 is 11.0. The lowest BCUT2D eigenvalue weighted by Crippen LogP contribution is -2.18. The Hall–Kier alpha value is -1.78. The van der Waals surface area contributed by atoms with Crippen molar-refractivity contribution in [2.45, 2.75) is 26.0 Å². The largest absolute Gasteiger partial charge is 0.496 e. The Balaban J connectivity index is 2.01. The molecule has 2 aromatic rings. The number of methoxy groups -OCH3 is 1. The third-order valence-corrected chi connectivity index (χ3v) is 3.20. The van der Waals surface area contributed by atoms with Crippen LogP contribution in [0.1, 0.15) is 18.2 Å². The number of nitrogens with zero attached hydrogens (tertiary/aromatic N) is 1. The second kappa shape index (κ2) is 7.29. The fourth-order valence-corrected chi connectivity index (χ4v) is 2.16. The Morgan fingerprint density at radius 2 is 2.10 bits per heavy atom. The summed E-state index contributed by atoms with van der Waals surface area (Å²) in [7, 11) is 1.62. The van der Waals surface area contributed by atoms with Gasteiger partial charge in [-0.2, -0.15) is 0 Å². The second-order valence-corrected chi connectivity index (χ2v) is 5.35. The van der Waals surface area contributed by atoms with Crippen LogP contribution in [0.15, 0.2) is 36.5 Å². The van der Waals surface area contributed by atoms with Gasteiger partial charge in [0.1, 0.15) is 18.1 Å². The van der Waals surface area contributed by atoms with E-state index in [0.29, 0.717) is 17.4 Å². The summed E-state index contributed by atoms with van der Waals surface area (Å²) in [6.07, 6.45) is 2.46. The highest BCUT2D eigenvalue weighted by molar-refractivity contribution is 6.30. The lowest BCUT2D eigenvalue weighted by atomic mass is 10.2. The minimum Gasteiger partial charge on any atom is -0.496 e. The van der Waals surface area contributed by atoms with Crippen molar-refractivity contribution in [2.75, 3.05) is 7.11 Å². The number of halogens is 1. The Kier molecular flexibility index (Phi) is 5.42. The van der Waals surface area contributed by atoms with Crippen LogP contribution in [0.2, 0.25) is 5.02 Å². The van der Waals surface area contributed by atoms with Gasteiger partial charge in [-0.05, 0) is 37.3 Å². The first-order valence-corrected chi connectivity index (χ1v) is 7.12. The van der Waals surface area contributed by atoms with Crippen LogP contribution in [0.5, 0.6) is 11.5 Å². The van der Waals surface area contributed by atoms with E-state index in [1.807, 2.05) is 31.2 Å². The van der Waals surface area contributed by atoms with Crippen LogP contribution in [-0.2, 0) is 13.0 Å². The topological polar surface area (TPSA) is 57.4 Å². The lowest BCUT2D eigenvalue weighted by molar-refractivity contribution is 0.295. The molecule has 0 saturated heterocycles. The number of hydrogen-bond acceptors (Lipinski definition) is 4. The third kappa shape index (κ3) is 4.62. The fourth-order valence-electron chi connectivity index (χ4n) is 1.97. The first-order chi connectivity index (χ1) is 10.1. The van der Waals surface area contributed by atoms with Crippen LogP contribution >= 0.6 is 11.6 Å². The molecule has 1 heterocycles. The summed E-state index contributed by atoms with van der Waals surface area (Å²) in [5.41, 5.74) is 7.60. The zero-order chi connectivity index (χ0) is 15.2. The van der Waals surface area contributed by atoms with Crippen molar-refractivity contribution in [1.29, 1.82) is 0 Å². The highest BCUT2D eigenvalue weighted by Crippen LogP contribution is 2.24. The quantitative estimate of drug-likeness (QED) is 0.890. The monoisotopic (exact) mass is 306 g/mol. The number of hydrogen-bond donors (Lipinski definition) is 1. The molecule has 0 spiro atoms. The highest BCUT2D eigenvalue weighted by Gasteiger charge is 2.06. The summed E-state index contributed by atoms with van der Waals surface area (Å²) in [6.45, 7) is 2.33. The SMILES string of the molecule is COc1ccc(Cl)cc1COc1ccc(CC(C)N)nc1. The predicted molar refractivity (Wildman–Crippen MR) is 83.9 cm³/mol. The summed E-state index contributed by atoms with van der Waals surface area (Å²) in [6, 6.07) is 9.35. The maximum Gasteiger partial charge on any atom is 0.138 e. The summed E-state index contributed by atoms with van der Waals surface area (Å²) >= 11 is 5.99. The molecule has 1 atom stereocenters. The normalized spacial score (nSPS) is 12.0. The average Bonchev–Trinajstić information content (AvgIpc) is 2.46. The standard InChI is InChI=1S/C16H19ClN2O2/c1-11(18)7-14-4-5-15(9-19-14)21-10-12-8-13(17)3-6-16(12)20-2/h3-6,8-9,11H,7,10,18H2,1-2H3. The fraction of sp³-hybridized carbons (Fsp3) is 0.312. The number of aromatic nitrogens is 1. The highest BCUT2D eigenvalue weighted by atomic mass is 35.5. The van der Waals surface area contributed by atoms with Crippen molar-refractivity contribution < 1.29 is 9.47 Å². The number of nitrogens with two attached hydrogens (primary N) is 1. The smallest absolute Gasteiger partial charge is 0.138 e. The van der Waals surface area contributed by atoms with E-state index in [0.717, 1.165) is 23.4 Å². The lowest BCUT2D eigenvalue weighted by Gasteiger charge is -2.11. The molecule has 0 bridgehead atoms. The summed E-state index contributed by atoms with van der Waals surface area (Å²) in [5, 5.41) is 0.653. The van der Waals surface area contributed by atoms with E-state index in [9.17, 15) is 0 Å². The molecule has 0 aliphatic rings. The second-order valence-electron chi connectivity index (χ2n) is 4.91. The maximum atomic E-state index is 5.99. The molecule has 1 unspecified atom stereocenters. The van der Waals surface area contributed by atoms with E-state index >= 15 is 0 Å². The molecule has 21 heavy (non-hydrogen) atoms. The molecule has 2 N–H and O–H groups in total. The molecule has 5 heteroatoms. The number of rotatable bonds is 6. The van der Waals surface area contributed by atoms with Crippen LogP contribution in [0.4, 0.5) is 0 Å². The molecule has 1 aromatic carbocycles. The summed E-state index contributed by atoms with van der Waals surface area (Å²) in [5.74, 6) is 1.45. The van der Waals surface area contributed by atoms with E-state index in [1.165, 1.54) is 0 Å². The van der Waals surface area contributed by atoms with Crippen LogP contribution in [-0.4, -0.2) is 18.1 Å². The Morgan fingerprint density at radius 1 is 1.29 bits per heavy atom. The number of pyridine rings is 1. The molecule has 0 radical (unpaired) electrons. The zero-order valence-electron chi connectivity index (χ0n) is 12.2. The van der Waals surface area contributed by atoms with Crippen LogP contribution in [0.3, 0.4) is 0 Å². The van der Waals surface area contributed by atoms with E-state index in [2.05, 4.69) is 4.98 Å². The molecular weight excluding hydrogens is 288 g/mol. The van der Waals surface area contributed by atoms with Gasteiger partial charge in [0.05, 0.1) is 13.3 Å². The minimum atomic E-state index is 0.0972. The predicted octanol–water partition coefficient (Wildman–Crippen LogP) is 3.21. The van der Waals surface area contributed by atoms with Gasteiger partial charge in [-0.1, -0.05) is 11.6 Å². The van der Waals surface area contributed by atoms with Gasteiger partial charge in [-0.25, -0.2) is 0 Å². The maximum absolute atomic E-state index is 5.99. The van der Waals surface area contributed by atoms with Gasteiger partial charge < -0.3 is 15.2 Å². The van der Waals surface area contributed by atoms with Crippen molar-refractivity contribution in [2.24, 2.45) is 5.73 Å². The molecule has 1 aromatic heterocycles. The van der Waals surface area contributed by atoms with E-state index < -0.39 is 0 Å². The van der Waals surface area contributed by atoms with Crippen molar-refractivity contribution in [3.05, 3.63) is 52.8 Å². The Morgan fingerprint density at radius 3 is 2.71 bits per heavy atom. The van der Waals surface area contributed by atoms with E-state index in [4.69, 9.17) is 26.8 Å². The minimum absolute atomic E-state index is 0.0972. The van der Waals surface area contributed by atoms with Crippen molar-refractivity contribution in [3.63, 3.8) is 0 Å². The first-order valence-electron chi connectivity index (χ1n) is 6.74. The van der Waals surface area contributed by atoms with Crippen molar-refractivity contribution in [1.82, 2.24) is 4.98 Å².